The number of nitrogens with one attached hydrogen (secondary N) is 2. The molecule has 0 aromatic heterocycles. The summed E-state index contributed by atoms with van der Waals surface area (Å²) in [6.45, 7) is 5.54. The van der Waals surface area contributed by atoms with Gasteiger partial charge in [-0.2, -0.15) is 0 Å². The van der Waals surface area contributed by atoms with Crippen LogP contribution in [0.4, 0.5) is 5.69 Å². The molecule has 2 rings (SSSR count). The number of carbonyl (C=O) groups is 3. The summed E-state index contributed by atoms with van der Waals surface area (Å²) in [6.07, 6.45) is 0.651. The molecule has 1 fully saturated rings. The molecule has 3 N–H and O–H groups in total. The highest BCUT2D eigenvalue weighted by Crippen LogP contribution is 2.45. The van der Waals surface area contributed by atoms with E-state index in [4.69, 9.17) is 5.11 Å². The fourth-order valence-corrected chi connectivity index (χ4v) is 2.55. The second-order valence-corrected chi connectivity index (χ2v) is 5.89. The van der Waals surface area contributed by atoms with Crippen LogP contribution in [0.15, 0.2) is 12.1 Å². The predicted octanol–water partition coefficient (Wildman–Crippen LogP) is 1.53. The summed E-state index contributed by atoms with van der Waals surface area (Å²) < 4.78 is 0. The minimum Gasteiger partial charge on any atom is -0.480 e. The fraction of sp³-hybridized carbons (Fsp3) is 0.438. The summed E-state index contributed by atoms with van der Waals surface area (Å²) in [5.74, 6) is -2.09. The molecule has 0 radical (unpaired) electrons. The zero-order valence-corrected chi connectivity index (χ0v) is 12.9. The van der Waals surface area contributed by atoms with Crippen molar-refractivity contribution in [2.75, 3.05) is 11.9 Å². The van der Waals surface area contributed by atoms with Crippen LogP contribution in [0.5, 0.6) is 0 Å². The predicted molar refractivity (Wildman–Crippen MR) is 81.6 cm³/mol. The molecule has 6 heteroatoms. The van der Waals surface area contributed by atoms with E-state index in [9.17, 15) is 14.4 Å². The molecule has 0 unspecified atom stereocenters. The number of carboxylic acids is 1. The molecule has 1 aromatic rings. The first kappa shape index (κ1) is 16.0. The Hall–Kier alpha value is -2.37. The third kappa shape index (κ3) is 3.10. The molecular weight excluding hydrogens is 284 g/mol. The van der Waals surface area contributed by atoms with Gasteiger partial charge in [0.25, 0.3) is 0 Å². The lowest BCUT2D eigenvalue weighted by Crippen LogP contribution is -2.41. The molecule has 118 valence electrons. The number of rotatable bonds is 5. The molecule has 0 spiro atoms. The Morgan fingerprint density at radius 1 is 1.14 bits per heavy atom. The maximum Gasteiger partial charge on any atom is 0.319 e. The van der Waals surface area contributed by atoms with E-state index in [0.717, 1.165) is 22.4 Å². The lowest BCUT2D eigenvalue weighted by atomic mass is 10.1. The maximum absolute atomic E-state index is 12.0. The first-order valence-electron chi connectivity index (χ1n) is 7.15. The van der Waals surface area contributed by atoms with Crippen molar-refractivity contribution in [2.45, 2.75) is 33.6 Å². The van der Waals surface area contributed by atoms with Crippen LogP contribution in [0.1, 0.15) is 29.5 Å². The van der Waals surface area contributed by atoms with Crippen LogP contribution < -0.4 is 10.6 Å². The topological polar surface area (TPSA) is 95.5 Å². The average Bonchev–Trinajstić information content (AvgIpc) is 3.21. The number of hydrogen-bond donors (Lipinski definition) is 3. The monoisotopic (exact) mass is 304 g/mol. The minimum atomic E-state index is -1.32. The van der Waals surface area contributed by atoms with E-state index in [2.05, 4.69) is 10.6 Å². The van der Waals surface area contributed by atoms with E-state index in [1.807, 2.05) is 32.9 Å². The van der Waals surface area contributed by atoms with Crippen molar-refractivity contribution in [3.8, 4) is 0 Å². The van der Waals surface area contributed by atoms with Crippen LogP contribution >= 0.6 is 0 Å². The zero-order chi connectivity index (χ0) is 16.5. The van der Waals surface area contributed by atoms with Gasteiger partial charge in [0.15, 0.2) is 0 Å². The summed E-state index contributed by atoms with van der Waals surface area (Å²) in [5.41, 5.74) is 2.40. The lowest BCUT2D eigenvalue weighted by Gasteiger charge is -2.14. The molecule has 1 aliphatic rings. The Bertz CT molecular complexity index is 625. The maximum atomic E-state index is 12.0. The molecular formula is C16H20N2O4. The quantitative estimate of drug-likeness (QED) is 0.719. The number of carbonyl (C=O) groups excluding carboxylic acids is 2. The van der Waals surface area contributed by atoms with Crippen molar-refractivity contribution in [1.82, 2.24) is 5.32 Å². The second kappa shape index (κ2) is 5.79. The Morgan fingerprint density at radius 3 is 2.14 bits per heavy atom. The lowest BCUT2D eigenvalue weighted by molar-refractivity contribution is -0.149. The van der Waals surface area contributed by atoms with Gasteiger partial charge in [-0.3, -0.25) is 14.4 Å². The standard InChI is InChI=1S/C16H20N2O4/c1-9-6-10(2)13(11(3)7-9)18-12(19)8-17-14(20)16(4-5-16)15(21)22/h6-7H,4-5,8H2,1-3H3,(H,17,20)(H,18,19)(H,21,22). The van der Waals surface area contributed by atoms with E-state index >= 15 is 0 Å². The van der Waals surface area contributed by atoms with Crippen LogP contribution in [-0.4, -0.2) is 29.4 Å². The zero-order valence-electron chi connectivity index (χ0n) is 12.9. The van der Waals surface area contributed by atoms with Gasteiger partial charge < -0.3 is 15.7 Å². The SMILES string of the molecule is Cc1cc(C)c(NC(=O)CNC(=O)C2(C(=O)O)CC2)c(C)c1. The molecule has 6 nitrogen and oxygen atoms in total. The van der Waals surface area contributed by atoms with Crippen molar-refractivity contribution in [1.29, 1.82) is 0 Å². The molecule has 0 atom stereocenters. The minimum absolute atomic E-state index is 0.235. The first-order valence-corrected chi connectivity index (χ1v) is 7.15. The van der Waals surface area contributed by atoms with Gasteiger partial charge in [-0.15, -0.1) is 0 Å². The summed E-state index contributed by atoms with van der Waals surface area (Å²) in [4.78, 5) is 34.8. The molecule has 0 bridgehead atoms. The van der Waals surface area contributed by atoms with Gasteiger partial charge in [0.2, 0.25) is 11.8 Å². The number of amides is 2. The first-order chi connectivity index (χ1) is 10.3. The van der Waals surface area contributed by atoms with Gasteiger partial charge in [0.05, 0.1) is 6.54 Å². The number of carboxylic acid groups (broad SMARTS) is 1. The van der Waals surface area contributed by atoms with Crippen LogP contribution in [-0.2, 0) is 14.4 Å². The summed E-state index contributed by atoms with van der Waals surface area (Å²) in [6, 6.07) is 3.93. The Kier molecular flexibility index (Phi) is 4.21. The van der Waals surface area contributed by atoms with E-state index in [-0.39, 0.29) is 12.5 Å². The average molecular weight is 304 g/mol. The molecule has 0 heterocycles. The number of aryl methyl sites for hydroxylation is 3. The highest BCUT2D eigenvalue weighted by molar-refractivity contribution is 6.06. The Labute approximate surface area is 128 Å². The molecule has 1 saturated carbocycles. The van der Waals surface area contributed by atoms with Gasteiger partial charge >= 0.3 is 5.97 Å². The van der Waals surface area contributed by atoms with Crippen molar-refractivity contribution in [3.63, 3.8) is 0 Å². The summed E-state index contributed by atoms with van der Waals surface area (Å²) in [5, 5.41) is 14.2. The van der Waals surface area contributed by atoms with Crippen molar-refractivity contribution in [3.05, 3.63) is 28.8 Å². The van der Waals surface area contributed by atoms with Crippen LogP contribution in [0.2, 0.25) is 0 Å². The highest BCUT2D eigenvalue weighted by Gasteiger charge is 2.57. The Morgan fingerprint density at radius 2 is 1.68 bits per heavy atom. The van der Waals surface area contributed by atoms with E-state index in [1.165, 1.54) is 0 Å². The number of anilines is 1. The fourth-order valence-electron chi connectivity index (χ4n) is 2.55. The molecule has 2 amide bonds. The second-order valence-electron chi connectivity index (χ2n) is 5.89. The molecule has 1 aromatic carbocycles. The van der Waals surface area contributed by atoms with Gasteiger partial charge in [-0.05, 0) is 44.7 Å². The normalized spacial score (nSPS) is 15.0. The summed E-state index contributed by atoms with van der Waals surface area (Å²) in [7, 11) is 0. The van der Waals surface area contributed by atoms with Crippen LogP contribution in [0.3, 0.4) is 0 Å². The third-order valence-corrected chi connectivity index (χ3v) is 3.94. The summed E-state index contributed by atoms with van der Waals surface area (Å²) >= 11 is 0. The number of benzene rings is 1. The van der Waals surface area contributed by atoms with Crippen molar-refractivity contribution < 1.29 is 19.5 Å². The van der Waals surface area contributed by atoms with Crippen LogP contribution in [0, 0.1) is 26.2 Å². The molecule has 22 heavy (non-hydrogen) atoms. The Balaban J connectivity index is 1.95. The highest BCUT2D eigenvalue weighted by atomic mass is 16.4. The molecule has 1 aliphatic carbocycles. The van der Waals surface area contributed by atoms with Crippen molar-refractivity contribution in [2.24, 2.45) is 5.41 Å². The van der Waals surface area contributed by atoms with Crippen molar-refractivity contribution >= 4 is 23.5 Å². The van der Waals surface area contributed by atoms with Gasteiger partial charge in [0, 0.05) is 5.69 Å². The molecule has 0 saturated heterocycles. The number of aliphatic carboxylic acids is 1. The van der Waals surface area contributed by atoms with E-state index < -0.39 is 17.3 Å². The van der Waals surface area contributed by atoms with Crippen LogP contribution in [0.25, 0.3) is 0 Å². The van der Waals surface area contributed by atoms with E-state index in [1.54, 1.807) is 0 Å². The van der Waals surface area contributed by atoms with E-state index in [0.29, 0.717) is 12.8 Å². The third-order valence-electron chi connectivity index (χ3n) is 3.94. The van der Waals surface area contributed by atoms with Gasteiger partial charge in [-0.25, -0.2) is 0 Å². The molecule has 0 aliphatic heterocycles. The van der Waals surface area contributed by atoms with Gasteiger partial charge in [0.1, 0.15) is 5.41 Å². The smallest absolute Gasteiger partial charge is 0.319 e. The number of hydrogen-bond acceptors (Lipinski definition) is 3. The van der Waals surface area contributed by atoms with Gasteiger partial charge in [-0.1, -0.05) is 17.7 Å². The largest absolute Gasteiger partial charge is 0.480 e.